The number of ether oxygens (including phenoxy) is 2. The first-order valence-corrected chi connectivity index (χ1v) is 3.63. The number of hydrogen-bond acceptors (Lipinski definition) is 4. The predicted molar refractivity (Wildman–Crippen MR) is 41.6 cm³/mol. The van der Waals surface area contributed by atoms with Crippen LogP contribution in [0.2, 0.25) is 0 Å². The van der Waals surface area contributed by atoms with Gasteiger partial charge in [-0.05, 0) is 0 Å². The first kappa shape index (κ1) is 8.67. The number of nitrogens with one attached hydrogen (secondary N) is 1. The van der Waals surface area contributed by atoms with Crippen molar-refractivity contribution in [1.82, 2.24) is 5.43 Å². The van der Waals surface area contributed by atoms with Crippen molar-refractivity contribution in [2.24, 2.45) is 5.84 Å². The van der Waals surface area contributed by atoms with Crippen LogP contribution in [0.15, 0.2) is 12.7 Å². The zero-order chi connectivity index (χ0) is 8.16. The lowest BCUT2D eigenvalue weighted by molar-refractivity contribution is -0.172. The molecule has 3 N–H and O–H groups in total. The standard InChI is InChI=1S/C7H14N2O2/c1-2-3-7(9-8)6-10-4-5-11-7/h2,9H,1,3-6,8H2. The van der Waals surface area contributed by atoms with Gasteiger partial charge in [0.25, 0.3) is 0 Å². The molecule has 0 aliphatic carbocycles. The van der Waals surface area contributed by atoms with Gasteiger partial charge >= 0.3 is 0 Å². The second-order valence-corrected chi connectivity index (χ2v) is 2.53. The predicted octanol–water partition coefficient (Wildman–Crippen LogP) is -0.231. The SMILES string of the molecule is C=CCC1(NN)COCCO1. The maximum Gasteiger partial charge on any atom is 0.158 e. The van der Waals surface area contributed by atoms with Crippen molar-refractivity contribution < 1.29 is 9.47 Å². The molecule has 1 saturated heterocycles. The Morgan fingerprint density at radius 3 is 2.91 bits per heavy atom. The van der Waals surface area contributed by atoms with Gasteiger partial charge in [-0.25, -0.2) is 5.43 Å². The molecule has 0 bridgehead atoms. The van der Waals surface area contributed by atoms with Crippen molar-refractivity contribution in [3.63, 3.8) is 0 Å². The largest absolute Gasteiger partial charge is 0.375 e. The van der Waals surface area contributed by atoms with Gasteiger partial charge in [-0.3, -0.25) is 5.84 Å². The number of nitrogens with two attached hydrogens (primary N) is 1. The molecule has 1 aliphatic rings. The van der Waals surface area contributed by atoms with E-state index in [-0.39, 0.29) is 0 Å². The van der Waals surface area contributed by atoms with Crippen LogP contribution < -0.4 is 11.3 Å². The van der Waals surface area contributed by atoms with E-state index in [0.717, 1.165) is 0 Å². The molecule has 1 fully saturated rings. The van der Waals surface area contributed by atoms with E-state index >= 15 is 0 Å². The molecule has 1 aliphatic heterocycles. The first-order chi connectivity index (χ1) is 5.33. The Labute approximate surface area is 66.3 Å². The lowest BCUT2D eigenvalue weighted by Gasteiger charge is -2.35. The molecule has 0 aromatic heterocycles. The molecule has 1 atom stereocenters. The van der Waals surface area contributed by atoms with Gasteiger partial charge in [0.2, 0.25) is 0 Å². The summed E-state index contributed by atoms with van der Waals surface area (Å²) in [6.45, 7) is 5.32. The fraction of sp³-hybridized carbons (Fsp3) is 0.714. The molecular formula is C7H14N2O2. The van der Waals surface area contributed by atoms with Crippen LogP contribution in [0.25, 0.3) is 0 Å². The average Bonchev–Trinajstić information content (AvgIpc) is 2.07. The molecule has 0 aromatic rings. The van der Waals surface area contributed by atoms with Gasteiger partial charge in [0.1, 0.15) is 0 Å². The van der Waals surface area contributed by atoms with Gasteiger partial charge in [0, 0.05) is 6.42 Å². The van der Waals surface area contributed by atoms with Crippen LogP contribution in [0.4, 0.5) is 0 Å². The van der Waals surface area contributed by atoms with Crippen LogP contribution in [-0.2, 0) is 9.47 Å². The lowest BCUT2D eigenvalue weighted by atomic mass is 10.1. The summed E-state index contributed by atoms with van der Waals surface area (Å²) >= 11 is 0. The molecule has 1 rings (SSSR count). The fourth-order valence-corrected chi connectivity index (χ4v) is 1.07. The van der Waals surface area contributed by atoms with Gasteiger partial charge in [-0.15, -0.1) is 6.58 Å². The van der Waals surface area contributed by atoms with Crippen LogP contribution in [0.3, 0.4) is 0 Å². The zero-order valence-corrected chi connectivity index (χ0v) is 6.51. The highest BCUT2D eigenvalue weighted by Gasteiger charge is 2.31. The highest BCUT2D eigenvalue weighted by molar-refractivity contribution is 4.86. The van der Waals surface area contributed by atoms with Gasteiger partial charge in [-0.2, -0.15) is 0 Å². The van der Waals surface area contributed by atoms with Crippen molar-refractivity contribution >= 4 is 0 Å². The molecule has 0 saturated carbocycles. The van der Waals surface area contributed by atoms with Gasteiger partial charge in [-0.1, -0.05) is 6.08 Å². The maximum absolute atomic E-state index is 5.42. The Balaban J connectivity index is 2.49. The quantitative estimate of drug-likeness (QED) is 0.338. The van der Waals surface area contributed by atoms with Crippen molar-refractivity contribution in [2.45, 2.75) is 12.1 Å². The minimum Gasteiger partial charge on any atom is -0.375 e. The summed E-state index contributed by atoms with van der Waals surface area (Å²) in [6, 6.07) is 0. The van der Waals surface area contributed by atoms with Crippen LogP contribution in [-0.4, -0.2) is 25.5 Å². The molecule has 1 unspecified atom stereocenters. The molecule has 1 heterocycles. The molecule has 0 radical (unpaired) electrons. The van der Waals surface area contributed by atoms with E-state index in [9.17, 15) is 0 Å². The van der Waals surface area contributed by atoms with Crippen LogP contribution in [0.1, 0.15) is 6.42 Å². The smallest absolute Gasteiger partial charge is 0.158 e. The van der Waals surface area contributed by atoms with Crippen LogP contribution in [0, 0.1) is 0 Å². The fourth-order valence-electron chi connectivity index (χ4n) is 1.07. The Hall–Kier alpha value is -0.420. The molecule has 4 nitrogen and oxygen atoms in total. The second kappa shape index (κ2) is 3.82. The van der Waals surface area contributed by atoms with Crippen molar-refractivity contribution in [3.8, 4) is 0 Å². The minimum atomic E-state index is -0.542. The number of hydrazine groups is 1. The molecule has 64 valence electrons. The third-order valence-corrected chi connectivity index (χ3v) is 1.68. The summed E-state index contributed by atoms with van der Waals surface area (Å²) in [5.74, 6) is 5.32. The minimum absolute atomic E-state index is 0.482. The third-order valence-electron chi connectivity index (χ3n) is 1.68. The lowest BCUT2D eigenvalue weighted by Crippen LogP contribution is -2.57. The number of rotatable bonds is 3. The average molecular weight is 158 g/mol. The van der Waals surface area contributed by atoms with Crippen LogP contribution in [0.5, 0.6) is 0 Å². The molecule has 4 heteroatoms. The van der Waals surface area contributed by atoms with E-state index in [0.29, 0.717) is 26.2 Å². The zero-order valence-electron chi connectivity index (χ0n) is 6.51. The third kappa shape index (κ3) is 2.00. The normalized spacial score (nSPS) is 31.7. The van der Waals surface area contributed by atoms with E-state index in [1.54, 1.807) is 6.08 Å². The van der Waals surface area contributed by atoms with E-state index in [2.05, 4.69) is 12.0 Å². The maximum atomic E-state index is 5.42. The second-order valence-electron chi connectivity index (χ2n) is 2.53. The highest BCUT2D eigenvalue weighted by atomic mass is 16.6. The van der Waals surface area contributed by atoms with Crippen LogP contribution >= 0.6 is 0 Å². The Morgan fingerprint density at radius 1 is 1.64 bits per heavy atom. The first-order valence-electron chi connectivity index (χ1n) is 3.63. The summed E-state index contributed by atoms with van der Waals surface area (Å²) < 4.78 is 10.6. The van der Waals surface area contributed by atoms with Gasteiger partial charge in [0.15, 0.2) is 5.72 Å². The van der Waals surface area contributed by atoms with E-state index in [1.807, 2.05) is 0 Å². The molecule has 0 spiro atoms. The van der Waals surface area contributed by atoms with Gasteiger partial charge < -0.3 is 9.47 Å². The topological polar surface area (TPSA) is 56.5 Å². The summed E-state index contributed by atoms with van der Waals surface area (Å²) in [5.41, 5.74) is 2.06. The molecule has 11 heavy (non-hydrogen) atoms. The summed E-state index contributed by atoms with van der Waals surface area (Å²) in [4.78, 5) is 0. The molecule has 0 amide bonds. The summed E-state index contributed by atoms with van der Waals surface area (Å²) in [5, 5.41) is 0. The van der Waals surface area contributed by atoms with Crippen molar-refractivity contribution in [2.75, 3.05) is 19.8 Å². The molecular weight excluding hydrogens is 144 g/mol. The van der Waals surface area contributed by atoms with Crippen molar-refractivity contribution in [1.29, 1.82) is 0 Å². The van der Waals surface area contributed by atoms with E-state index in [1.165, 1.54) is 0 Å². The van der Waals surface area contributed by atoms with Gasteiger partial charge in [0.05, 0.1) is 19.8 Å². The Morgan fingerprint density at radius 2 is 2.45 bits per heavy atom. The summed E-state index contributed by atoms with van der Waals surface area (Å²) in [6.07, 6.45) is 2.41. The monoisotopic (exact) mass is 158 g/mol. The molecule has 0 aromatic carbocycles. The Kier molecular flexibility index (Phi) is 3.02. The van der Waals surface area contributed by atoms with Crippen molar-refractivity contribution in [3.05, 3.63) is 12.7 Å². The number of hydrogen-bond donors (Lipinski definition) is 2. The van der Waals surface area contributed by atoms with E-state index < -0.39 is 5.72 Å². The van der Waals surface area contributed by atoms with E-state index in [4.69, 9.17) is 15.3 Å². The summed E-state index contributed by atoms with van der Waals surface area (Å²) in [7, 11) is 0. The highest BCUT2D eigenvalue weighted by Crippen LogP contribution is 2.15. The Bertz CT molecular complexity index is 132.